The van der Waals surface area contributed by atoms with E-state index in [0.717, 1.165) is 6.29 Å². The maximum Gasteiger partial charge on any atom is 0.303 e. The molecule has 4 heteroatoms. The Labute approximate surface area is 128 Å². The van der Waals surface area contributed by atoms with E-state index in [1.165, 1.54) is 12.1 Å². The lowest BCUT2D eigenvalue weighted by Crippen LogP contribution is -2.42. The molecular weight excluding hydrogens is 280 g/mol. The van der Waals surface area contributed by atoms with E-state index < -0.39 is 13.7 Å². The van der Waals surface area contributed by atoms with Crippen LogP contribution in [0.15, 0.2) is 41.6 Å². The second-order valence-electron chi connectivity index (χ2n) is 5.98. The summed E-state index contributed by atoms with van der Waals surface area (Å²) < 4.78 is 5.41. The standard InChI is InChI=1S/C17H24O3Si/c1-6-17(3,20-14(2)19)15(12-18)13-21(4,5)16-10-8-7-9-11-16/h7-13H,6H2,1-5H3/b15-13+. The van der Waals surface area contributed by atoms with Crippen molar-refractivity contribution in [1.82, 2.24) is 0 Å². The van der Waals surface area contributed by atoms with Crippen LogP contribution in [0.1, 0.15) is 27.2 Å². The number of hydrogen-bond acceptors (Lipinski definition) is 3. The summed E-state index contributed by atoms with van der Waals surface area (Å²) in [5, 5.41) is 1.24. The molecule has 0 aliphatic heterocycles. The molecular formula is C17H24O3Si. The number of aldehydes is 1. The fraction of sp³-hybridized carbons (Fsp3) is 0.412. The number of carbonyl (C=O) groups excluding carboxylic acids is 2. The van der Waals surface area contributed by atoms with Gasteiger partial charge in [-0.25, -0.2) is 0 Å². The van der Waals surface area contributed by atoms with Crippen LogP contribution < -0.4 is 5.19 Å². The van der Waals surface area contributed by atoms with Crippen molar-refractivity contribution in [2.75, 3.05) is 0 Å². The Morgan fingerprint density at radius 1 is 1.29 bits per heavy atom. The molecule has 0 aliphatic rings. The predicted octanol–water partition coefficient (Wildman–Crippen LogP) is 3.00. The van der Waals surface area contributed by atoms with Gasteiger partial charge in [0.05, 0.1) is 0 Å². The Morgan fingerprint density at radius 3 is 2.29 bits per heavy atom. The molecule has 0 amide bonds. The normalized spacial score (nSPS) is 15.2. The number of carbonyl (C=O) groups is 2. The van der Waals surface area contributed by atoms with Gasteiger partial charge in [0.1, 0.15) is 20.0 Å². The number of rotatable bonds is 6. The van der Waals surface area contributed by atoms with Crippen LogP contribution >= 0.6 is 0 Å². The summed E-state index contributed by atoms with van der Waals surface area (Å²) in [5.41, 5.74) is 1.73. The molecule has 21 heavy (non-hydrogen) atoms. The summed E-state index contributed by atoms with van der Waals surface area (Å²) in [4.78, 5) is 22.9. The Hall–Kier alpha value is -1.68. The third-order valence-electron chi connectivity index (χ3n) is 3.82. The highest BCUT2D eigenvalue weighted by atomic mass is 28.3. The van der Waals surface area contributed by atoms with Crippen molar-refractivity contribution < 1.29 is 14.3 Å². The molecule has 0 saturated heterocycles. The highest BCUT2D eigenvalue weighted by molar-refractivity contribution is 6.94. The van der Waals surface area contributed by atoms with Crippen LogP contribution in [0.3, 0.4) is 0 Å². The van der Waals surface area contributed by atoms with Crippen molar-refractivity contribution in [2.45, 2.75) is 45.9 Å². The van der Waals surface area contributed by atoms with Crippen molar-refractivity contribution >= 4 is 25.5 Å². The van der Waals surface area contributed by atoms with Gasteiger partial charge in [0.15, 0.2) is 0 Å². The molecule has 0 aromatic heterocycles. The Morgan fingerprint density at radius 2 is 1.86 bits per heavy atom. The van der Waals surface area contributed by atoms with Crippen LogP contribution in [0, 0.1) is 0 Å². The van der Waals surface area contributed by atoms with E-state index in [0.29, 0.717) is 12.0 Å². The third-order valence-corrected chi connectivity index (χ3v) is 6.67. The predicted molar refractivity (Wildman–Crippen MR) is 88.2 cm³/mol. The minimum Gasteiger partial charge on any atom is -0.455 e. The lowest BCUT2D eigenvalue weighted by atomic mass is 9.95. The van der Waals surface area contributed by atoms with Crippen LogP contribution in [0.4, 0.5) is 0 Å². The monoisotopic (exact) mass is 304 g/mol. The minimum absolute atomic E-state index is 0.369. The smallest absolute Gasteiger partial charge is 0.303 e. The van der Waals surface area contributed by atoms with E-state index in [2.05, 4.69) is 25.2 Å². The molecule has 0 saturated carbocycles. The molecule has 1 atom stereocenters. The zero-order valence-corrected chi connectivity index (χ0v) is 14.5. The van der Waals surface area contributed by atoms with E-state index in [1.807, 2.05) is 30.8 Å². The van der Waals surface area contributed by atoms with Crippen molar-refractivity contribution in [2.24, 2.45) is 0 Å². The summed E-state index contributed by atoms with van der Waals surface area (Å²) in [5.74, 6) is -0.369. The average molecular weight is 304 g/mol. The zero-order valence-electron chi connectivity index (χ0n) is 13.5. The van der Waals surface area contributed by atoms with Gasteiger partial charge in [0.2, 0.25) is 0 Å². The molecule has 0 heterocycles. The van der Waals surface area contributed by atoms with Crippen molar-refractivity contribution in [3.8, 4) is 0 Å². The summed E-state index contributed by atoms with van der Waals surface area (Å²) >= 11 is 0. The van der Waals surface area contributed by atoms with Crippen molar-refractivity contribution in [1.29, 1.82) is 0 Å². The van der Waals surface area contributed by atoms with Crippen LogP contribution in [0.25, 0.3) is 0 Å². The molecule has 1 aromatic rings. The van der Waals surface area contributed by atoms with Crippen LogP contribution in [0.5, 0.6) is 0 Å². The number of benzene rings is 1. The first-order valence-corrected chi connectivity index (χ1v) is 10.3. The largest absolute Gasteiger partial charge is 0.455 e. The first-order valence-electron chi connectivity index (χ1n) is 7.19. The molecule has 0 bridgehead atoms. The van der Waals surface area contributed by atoms with E-state index in [9.17, 15) is 9.59 Å². The maximum atomic E-state index is 11.6. The van der Waals surface area contributed by atoms with Gasteiger partial charge < -0.3 is 4.74 Å². The van der Waals surface area contributed by atoms with Gasteiger partial charge in [-0.1, -0.05) is 61.2 Å². The second kappa shape index (κ2) is 6.85. The third kappa shape index (κ3) is 4.39. The molecule has 0 spiro atoms. The topological polar surface area (TPSA) is 43.4 Å². The van der Waals surface area contributed by atoms with Gasteiger partial charge in [-0.2, -0.15) is 0 Å². The Kier molecular flexibility index (Phi) is 5.67. The van der Waals surface area contributed by atoms with Crippen LogP contribution in [-0.4, -0.2) is 25.9 Å². The Balaban J connectivity index is 3.24. The summed E-state index contributed by atoms with van der Waals surface area (Å²) in [6.45, 7) is 9.43. The van der Waals surface area contributed by atoms with Crippen LogP contribution in [0.2, 0.25) is 13.1 Å². The summed E-state index contributed by atoms with van der Waals surface area (Å²) in [7, 11) is -1.93. The molecule has 114 valence electrons. The van der Waals surface area contributed by atoms with Gasteiger partial charge in [-0.15, -0.1) is 0 Å². The molecule has 1 rings (SSSR count). The SMILES string of the molecule is CCC(C)(OC(C)=O)/C(C=O)=C/[Si](C)(C)c1ccccc1. The van der Waals surface area contributed by atoms with Gasteiger partial charge in [-0.3, -0.25) is 9.59 Å². The Bertz CT molecular complexity index is 534. The van der Waals surface area contributed by atoms with E-state index >= 15 is 0 Å². The number of hydrogen-bond donors (Lipinski definition) is 0. The van der Waals surface area contributed by atoms with Crippen molar-refractivity contribution in [3.63, 3.8) is 0 Å². The summed E-state index contributed by atoms with van der Waals surface area (Å²) in [6.07, 6.45) is 1.39. The number of esters is 1. The molecule has 0 radical (unpaired) electrons. The molecule has 0 N–H and O–H groups in total. The first kappa shape index (κ1) is 17.4. The average Bonchev–Trinajstić information content (AvgIpc) is 2.44. The molecule has 1 aromatic carbocycles. The van der Waals surface area contributed by atoms with Crippen LogP contribution in [-0.2, 0) is 14.3 Å². The zero-order chi connectivity index (χ0) is 16.1. The van der Waals surface area contributed by atoms with E-state index in [-0.39, 0.29) is 5.97 Å². The maximum absolute atomic E-state index is 11.6. The molecule has 0 fully saturated rings. The van der Waals surface area contributed by atoms with Gasteiger partial charge in [0.25, 0.3) is 0 Å². The fourth-order valence-corrected chi connectivity index (χ4v) is 4.67. The molecule has 0 aliphatic carbocycles. The molecule has 3 nitrogen and oxygen atoms in total. The van der Waals surface area contributed by atoms with Crippen molar-refractivity contribution in [3.05, 3.63) is 41.6 Å². The molecule has 1 unspecified atom stereocenters. The first-order chi connectivity index (χ1) is 9.75. The lowest BCUT2D eigenvalue weighted by molar-refractivity contribution is -0.152. The second-order valence-corrected chi connectivity index (χ2v) is 10.3. The van der Waals surface area contributed by atoms with E-state index in [4.69, 9.17) is 4.74 Å². The highest BCUT2D eigenvalue weighted by Gasteiger charge is 2.33. The number of ether oxygens (including phenoxy) is 1. The van der Waals surface area contributed by atoms with Gasteiger partial charge >= 0.3 is 5.97 Å². The highest BCUT2D eigenvalue weighted by Crippen LogP contribution is 2.26. The minimum atomic E-state index is -1.93. The van der Waals surface area contributed by atoms with Gasteiger partial charge in [0, 0.05) is 12.5 Å². The summed E-state index contributed by atoms with van der Waals surface area (Å²) in [6, 6.07) is 10.2. The van der Waals surface area contributed by atoms with E-state index in [1.54, 1.807) is 6.92 Å². The van der Waals surface area contributed by atoms with Gasteiger partial charge in [-0.05, 0) is 13.3 Å². The fourth-order valence-electron chi connectivity index (χ4n) is 2.30. The lowest BCUT2D eigenvalue weighted by Gasteiger charge is -2.30. The quantitative estimate of drug-likeness (QED) is 0.351.